The Bertz CT molecular complexity index is 459. The van der Waals surface area contributed by atoms with Crippen LogP contribution >= 0.6 is 11.8 Å². The lowest BCUT2D eigenvalue weighted by Crippen LogP contribution is -2.11. The molecule has 0 aliphatic rings. The topological polar surface area (TPSA) is 45.8 Å². The van der Waals surface area contributed by atoms with E-state index in [1.807, 2.05) is 13.0 Å². The molecule has 0 aliphatic heterocycles. The molecule has 23 heavy (non-hydrogen) atoms. The molecular formula is C19H34N2OS. The summed E-state index contributed by atoms with van der Waals surface area (Å²) in [5.41, 5.74) is 0.657. The summed E-state index contributed by atoms with van der Waals surface area (Å²) >= 11 is 1.70. The van der Waals surface area contributed by atoms with Crippen molar-refractivity contribution in [2.45, 2.75) is 95.9 Å². The van der Waals surface area contributed by atoms with Gasteiger partial charge in [-0.2, -0.15) is 4.98 Å². The van der Waals surface area contributed by atoms with Crippen LogP contribution in [0.4, 0.5) is 0 Å². The van der Waals surface area contributed by atoms with Crippen LogP contribution < -0.4 is 5.69 Å². The molecule has 3 nitrogen and oxygen atoms in total. The molecule has 4 heteroatoms. The molecule has 1 heterocycles. The van der Waals surface area contributed by atoms with Crippen molar-refractivity contribution in [2.75, 3.05) is 5.75 Å². The highest BCUT2D eigenvalue weighted by molar-refractivity contribution is 7.99. The van der Waals surface area contributed by atoms with Gasteiger partial charge in [0.1, 0.15) is 5.03 Å². The molecule has 0 atom stereocenters. The number of thioether (sulfide) groups is 1. The van der Waals surface area contributed by atoms with E-state index >= 15 is 0 Å². The van der Waals surface area contributed by atoms with E-state index in [0.29, 0.717) is 0 Å². The minimum absolute atomic E-state index is 0.234. The van der Waals surface area contributed by atoms with Gasteiger partial charge in [0.05, 0.1) is 0 Å². The Morgan fingerprint density at radius 2 is 1.43 bits per heavy atom. The molecule has 0 radical (unpaired) electrons. The van der Waals surface area contributed by atoms with Crippen LogP contribution in [0, 0.1) is 6.92 Å². The molecular weight excluding hydrogens is 304 g/mol. The second-order valence-electron chi connectivity index (χ2n) is 6.45. The lowest BCUT2D eigenvalue weighted by Gasteiger charge is -2.03. The first kappa shape index (κ1) is 20.3. The normalized spacial score (nSPS) is 11.0. The zero-order chi connectivity index (χ0) is 16.8. The van der Waals surface area contributed by atoms with Gasteiger partial charge < -0.3 is 4.98 Å². The molecule has 1 rings (SSSR count). The van der Waals surface area contributed by atoms with Crippen molar-refractivity contribution >= 4 is 11.8 Å². The maximum Gasteiger partial charge on any atom is 0.346 e. The summed E-state index contributed by atoms with van der Waals surface area (Å²) in [7, 11) is 0. The number of hydrogen-bond donors (Lipinski definition) is 1. The molecule has 1 N–H and O–H groups in total. The largest absolute Gasteiger partial charge is 0.346 e. The Labute approximate surface area is 146 Å². The fourth-order valence-corrected chi connectivity index (χ4v) is 3.71. The van der Waals surface area contributed by atoms with Gasteiger partial charge in [0.25, 0.3) is 0 Å². The smallest absolute Gasteiger partial charge is 0.310 e. The lowest BCUT2D eigenvalue weighted by atomic mass is 10.1. The van der Waals surface area contributed by atoms with E-state index in [-0.39, 0.29) is 5.69 Å². The molecule has 0 fully saturated rings. The zero-order valence-corrected chi connectivity index (χ0v) is 15.8. The van der Waals surface area contributed by atoms with E-state index in [1.54, 1.807) is 11.8 Å². The SMILES string of the molecule is CCCCCCCCCCCCCCSc1cc(C)[nH]c(=O)n1. The van der Waals surface area contributed by atoms with E-state index in [9.17, 15) is 4.79 Å². The Hall–Kier alpha value is -0.770. The number of aryl methyl sites for hydroxylation is 1. The predicted octanol–water partition coefficient (Wildman–Crippen LogP) is 5.87. The molecule has 0 spiro atoms. The average molecular weight is 339 g/mol. The number of nitrogens with one attached hydrogen (secondary N) is 1. The number of nitrogens with zero attached hydrogens (tertiary/aromatic N) is 1. The van der Waals surface area contributed by atoms with E-state index in [1.165, 1.54) is 77.0 Å². The predicted molar refractivity (Wildman–Crippen MR) is 101 cm³/mol. The molecule has 0 saturated carbocycles. The quantitative estimate of drug-likeness (QED) is 0.262. The minimum atomic E-state index is -0.234. The molecule has 1 aromatic rings. The third-order valence-corrected chi connectivity index (χ3v) is 5.10. The van der Waals surface area contributed by atoms with Crippen molar-refractivity contribution in [3.8, 4) is 0 Å². The van der Waals surface area contributed by atoms with Crippen LogP contribution in [0.25, 0.3) is 0 Å². The van der Waals surface area contributed by atoms with E-state index in [2.05, 4.69) is 16.9 Å². The maximum atomic E-state index is 11.3. The van der Waals surface area contributed by atoms with Crippen LogP contribution in [0.5, 0.6) is 0 Å². The summed E-state index contributed by atoms with van der Waals surface area (Å²) in [5.74, 6) is 1.06. The summed E-state index contributed by atoms with van der Waals surface area (Å²) < 4.78 is 0. The van der Waals surface area contributed by atoms with Crippen molar-refractivity contribution in [1.82, 2.24) is 9.97 Å². The summed E-state index contributed by atoms with van der Waals surface area (Å²) in [6.07, 6.45) is 16.5. The molecule has 132 valence electrons. The molecule has 0 amide bonds. The number of aromatic nitrogens is 2. The van der Waals surface area contributed by atoms with Crippen LogP contribution in [-0.2, 0) is 0 Å². The monoisotopic (exact) mass is 338 g/mol. The third kappa shape index (κ3) is 11.4. The summed E-state index contributed by atoms with van der Waals surface area (Å²) in [5, 5.41) is 0.856. The Kier molecular flexibility index (Phi) is 12.0. The van der Waals surface area contributed by atoms with Gasteiger partial charge in [-0.25, -0.2) is 4.79 Å². The van der Waals surface area contributed by atoms with Crippen LogP contribution in [-0.4, -0.2) is 15.7 Å². The Morgan fingerprint density at radius 3 is 1.96 bits per heavy atom. The van der Waals surface area contributed by atoms with Crippen LogP contribution in [0.3, 0.4) is 0 Å². The molecule has 0 bridgehead atoms. The van der Waals surface area contributed by atoms with Gasteiger partial charge in [-0.05, 0) is 25.2 Å². The van der Waals surface area contributed by atoms with Crippen molar-refractivity contribution in [1.29, 1.82) is 0 Å². The first-order valence-corrected chi connectivity index (χ1v) is 10.4. The van der Waals surface area contributed by atoms with E-state index in [0.717, 1.165) is 16.5 Å². The Balaban J connectivity index is 1.87. The number of unbranched alkanes of at least 4 members (excludes halogenated alkanes) is 11. The van der Waals surface area contributed by atoms with Crippen LogP contribution in [0.2, 0.25) is 0 Å². The summed E-state index contributed by atoms with van der Waals surface area (Å²) in [6.45, 7) is 4.17. The fourth-order valence-electron chi connectivity index (χ4n) is 2.74. The van der Waals surface area contributed by atoms with E-state index in [4.69, 9.17) is 0 Å². The standard InChI is InChI=1S/C19H34N2OS/c1-3-4-5-6-7-8-9-10-11-12-13-14-15-23-18-16-17(2)20-19(22)21-18/h16H,3-15H2,1-2H3,(H,20,21,22). The zero-order valence-electron chi connectivity index (χ0n) is 15.0. The number of H-pyrrole nitrogens is 1. The highest BCUT2D eigenvalue weighted by Crippen LogP contribution is 2.17. The lowest BCUT2D eigenvalue weighted by molar-refractivity contribution is 0.548. The van der Waals surface area contributed by atoms with Crippen molar-refractivity contribution in [3.63, 3.8) is 0 Å². The fraction of sp³-hybridized carbons (Fsp3) is 0.789. The van der Waals surface area contributed by atoms with Gasteiger partial charge in [0.2, 0.25) is 0 Å². The molecule has 0 unspecified atom stereocenters. The van der Waals surface area contributed by atoms with Gasteiger partial charge in [-0.3, -0.25) is 0 Å². The van der Waals surface area contributed by atoms with Crippen molar-refractivity contribution in [3.05, 3.63) is 22.2 Å². The highest BCUT2D eigenvalue weighted by Gasteiger charge is 1.99. The second kappa shape index (κ2) is 13.6. The van der Waals surface area contributed by atoms with Gasteiger partial charge in [-0.15, -0.1) is 11.8 Å². The first-order valence-electron chi connectivity index (χ1n) is 9.43. The molecule has 0 aromatic carbocycles. The van der Waals surface area contributed by atoms with Crippen molar-refractivity contribution in [2.24, 2.45) is 0 Å². The van der Waals surface area contributed by atoms with Crippen LogP contribution in [0.1, 0.15) is 89.7 Å². The first-order chi connectivity index (χ1) is 11.2. The average Bonchev–Trinajstić information content (AvgIpc) is 2.51. The number of rotatable bonds is 14. The van der Waals surface area contributed by atoms with Crippen LogP contribution in [0.15, 0.2) is 15.9 Å². The maximum absolute atomic E-state index is 11.3. The third-order valence-electron chi connectivity index (χ3n) is 4.10. The second-order valence-corrected chi connectivity index (χ2v) is 7.56. The minimum Gasteiger partial charge on any atom is -0.310 e. The molecule has 0 aliphatic carbocycles. The van der Waals surface area contributed by atoms with Gasteiger partial charge in [0.15, 0.2) is 0 Å². The van der Waals surface area contributed by atoms with Gasteiger partial charge >= 0.3 is 5.69 Å². The summed E-state index contributed by atoms with van der Waals surface area (Å²) in [6, 6.07) is 1.95. The highest BCUT2D eigenvalue weighted by atomic mass is 32.2. The molecule has 1 aromatic heterocycles. The number of hydrogen-bond acceptors (Lipinski definition) is 3. The Morgan fingerprint density at radius 1 is 0.913 bits per heavy atom. The van der Waals surface area contributed by atoms with E-state index < -0.39 is 0 Å². The van der Waals surface area contributed by atoms with Gasteiger partial charge in [0, 0.05) is 5.69 Å². The number of aromatic amines is 1. The van der Waals surface area contributed by atoms with Crippen molar-refractivity contribution < 1.29 is 0 Å². The van der Waals surface area contributed by atoms with Gasteiger partial charge in [-0.1, -0.05) is 77.6 Å². The summed E-state index contributed by atoms with van der Waals surface area (Å²) in [4.78, 5) is 17.9. The molecule has 0 saturated heterocycles.